The molecule has 0 aliphatic carbocycles. The second-order valence-electron chi connectivity index (χ2n) is 3.44. The second kappa shape index (κ2) is 4.47. The molecule has 0 amide bonds. The van der Waals surface area contributed by atoms with E-state index in [2.05, 4.69) is 0 Å². The number of benzene rings is 2. The van der Waals surface area contributed by atoms with Gasteiger partial charge in [0.2, 0.25) is 0 Å². The van der Waals surface area contributed by atoms with Gasteiger partial charge in [0.25, 0.3) is 9.05 Å². The van der Waals surface area contributed by atoms with Crippen LogP contribution in [0.2, 0.25) is 0 Å². The molecule has 2 aromatic carbocycles. The zero-order chi connectivity index (χ0) is 12.5. The molecule has 5 heteroatoms. The summed E-state index contributed by atoms with van der Waals surface area (Å²) < 4.78 is 35.6. The lowest BCUT2D eigenvalue weighted by Crippen LogP contribution is -1.94. The largest absolute Gasteiger partial charge is 0.261 e. The Kier molecular flexibility index (Phi) is 3.17. The van der Waals surface area contributed by atoms with Crippen molar-refractivity contribution in [3.8, 4) is 11.1 Å². The number of halogens is 2. The molecule has 0 aromatic heterocycles. The summed E-state index contributed by atoms with van der Waals surface area (Å²) in [5, 5.41) is 0. The van der Waals surface area contributed by atoms with Crippen molar-refractivity contribution in [2.75, 3.05) is 0 Å². The van der Waals surface area contributed by atoms with Crippen LogP contribution >= 0.6 is 10.7 Å². The highest BCUT2D eigenvalue weighted by Gasteiger charge is 2.15. The van der Waals surface area contributed by atoms with Crippen molar-refractivity contribution in [1.29, 1.82) is 0 Å². The van der Waals surface area contributed by atoms with Crippen molar-refractivity contribution in [3.05, 3.63) is 54.3 Å². The van der Waals surface area contributed by atoms with Crippen LogP contribution in [-0.4, -0.2) is 8.42 Å². The zero-order valence-corrected chi connectivity index (χ0v) is 10.2. The fraction of sp³-hybridized carbons (Fsp3) is 0. The molecule has 0 aliphatic heterocycles. The van der Waals surface area contributed by atoms with Gasteiger partial charge in [-0.2, -0.15) is 0 Å². The van der Waals surface area contributed by atoms with Crippen molar-refractivity contribution in [1.82, 2.24) is 0 Å². The van der Waals surface area contributed by atoms with Crippen LogP contribution in [0.4, 0.5) is 4.39 Å². The molecule has 0 bridgehead atoms. The first kappa shape index (κ1) is 12.1. The van der Waals surface area contributed by atoms with Crippen LogP contribution in [-0.2, 0) is 9.05 Å². The zero-order valence-electron chi connectivity index (χ0n) is 8.60. The molecule has 2 nitrogen and oxygen atoms in total. The molecule has 0 heterocycles. The van der Waals surface area contributed by atoms with E-state index >= 15 is 0 Å². The summed E-state index contributed by atoms with van der Waals surface area (Å²) in [6, 6.07) is 11.9. The molecule has 0 aliphatic rings. The highest BCUT2D eigenvalue weighted by molar-refractivity contribution is 8.13. The highest BCUT2D eigenvalue weighted by atomic mass is 35.7. The summed E-state index contributed by atoms with van der Waals surface area (Å²) in [4.78, 5) is 0.0216. The summed E-state index contributed by atoms with van der Waals surface area (Å²) in [5.41, 5.74) is 1.06. The van der Waals surface area contributed by atoms with Gasteiger partial charge in [0.05, 0.1) is 4.90 Å². The Morgan fingerprint density at radius 2 is 1.53 bits per heavy atom. The summed E-state index contributed by atoms with van der Waals surface area (Å²) in [7, 11) is 1.53. The molecule has 0 spiro atoms. The van der Waals surface area contributed by atoms with Crippen molar-refractivity contribution < 1.29 is 12.8 Å². The van der Waals surface area contributed by atoms with E-state index in [1.54, 1.807) is 18.2 Å². The van der Waals surface area contributed by atoms with E-state index in [-0.39, 0.29) is 10.7 Å². The Labute approximate surface area is 103 Å². The Morgan fingerprint density at radius 3 is 2.12 bits per heavy atom. The van der Waals surface area contributed by atoms with Crippen LogP contribution in [0.25, 0.3) is 11.1 Å². The summed E-state index contributed by atoms with van der Waals surface area (Å²) in [6.45, 7) is 0. The Balaban J connectivity index is 2.64. The topological polar surface area (TPSA) is 34.1 Å². The van der Waals surface area contributed by atoms with E-state index in [9.17, 15) is 12.8 Å². The van der Waals surface area contributed by atoms with E-state index in [0.717, 1.165) is 0 Å². The molecule has 0 atom stereocenters. The van der Waals surface area contributed by atoms with Crippen LogP contribution in [0.5, 0.6) is 0 Å². The minimum absolute atomic E-state index is 0.0216. The average Bonchev–Trinajstić information content (AvgIpc) is 2.29. The molecule has 0 fully saturated rings. The van der Waals surface area contributed by atoms with Crippen LogP contribution in [0.1, 0.15) is 0 Å². The third-order valence-corrected chi connectivity index (χ3v) is 3.69. The lowest BCUT2D eigenvalue weighted by atomic mass is 10.1. The smallest absolute Gasteiger partial charge is 0.207 e. The minimum atomic E-state index is -3.81. The molecule has 0 N–H and O–H groups in total. The van der Waals surface area contributed by atoms with E-state index in [1.807, 2.05) is 0 Å². The Morgan fingerprint density at radius 1 is 0.941 bits per heavy atom. The van der Waals surface area contributed by atoms with Crippen molar-refractivity contribution in [2.45, 2.75) is 4.90 Å². The van der Waals surface area contributed by atoms with Gasteiger partial charge in [-0.1, -0.05) is 30.3 Å². The third-order valence-electron chi connectivity index (χ3n) is 2.30. The van der Waals surface area contributed by atoms with Gasteiger partial charge < -0.3 is 0 Å². The predicted octanol–water partition coefficient (Wildman–Crippen LogP) is 3.42. The summed E-state index contributed by atoms with van der Waals surface area (Å²) in [6.07, 6.45) is 0. The third kappa shape index (κ3) is 2.65. The first-order valence-corrected chi connectivity index (χ1v) is 7.09. The quantitative estimate of drug-likeness (QED) is 0.784. The minimum Gasteiger partial charge on any atom is -0.207 e. The molecule has 0 saturated heterocycles. The fourth-order valence-electron chi connectivity index (χ4n) is 1.55. The Bertz CT molecular complexity index is 636. The van der Waals surface area contributed by atoms with Gasteiger partial charge in [-0.05, 0) is 23.8 Å². The van der Waals surface area contributed by atoms with Gasteiger partial charge in [0, 0.05) is 16.2 Å². The van der Waals surface area contributed by atoms with Crippen LogP contribution in [0.15, 0.2) is 53.4 Å². The first-order valence-electron chi connectivity index (χ1n) is 4.78. The van der Waals surface area contributed by atoms with Gasteiger partial charge >= 0.3 is 0 Å². The molecule has 17 heavy (non-hydrogen) atoms. The van der Waals surface area contributed by atoms with Gasteiger partial charge in [0.15, 0.2) is 0 Å². The molecule has 0 unspecified atom stereocenters. The van der Waals surface area contributed by atoms with Crippen molar-refractivity contribution in [3.63, 3.8) is 0 Å². The number of hydrogen-bond donors (Lipinski definition) is 0. The highest BCUT2D eigenvalue weighted by Crippen LogP contribution is 2.29. The maximum atomic E-state index is 12.8. The van der Waals surface area contributed by atoms with Crippen molar-refractivity contribution >= 4 is 19.7 Å². The van der Waals surface area contributed by atoms with Crippen molar-refractivity contribution in [2.24, 2.45) is 0 Å². The van der Waals surface area contributed by atoms with Crippen LogP contribution in [0.3, 0.4) is 0 Å². The molecule has 2 aromatic rings. The summed E-state index contributed by atoms with van der Waals surface area (Å²) >= 11 is 0. The van der Waals surface area contributed by atoms with Crippen LogP contribution in [0, 0.1) is 5.82 Å². The predicted molar refractivity (Wildman–Crippen MR) is 64.9 cm³/mol. The van der Waals surface area contributed by atoms with E-state index < -0.39 is 9.05 Å². The van der Waals surface area contributed by atoms with Crippen LogP contribution < -0.4 is 0 Å². The average molecular weight is 271 g/mol. The number of rotatable bonds is 2. The van der Waals surface area contributed by atoms with Gasteiger partial charge in [-0.3, -0.25) is 0 Å². The molecule has 88 valence electrons. The lowest BCUT2D eigenvalue weighted by Gasteiger charge is -2.06. The molecule has 0 saturated carbocycles. The van der Waals surface area contributed by atoms with Gasteiger partial charge in [-0.15, -0.1) is 0 Å². The normalized spacial score (nSPS) is 11.4. The fourth-order valence-corrected chi connectivity index (χ4v) is 2.64. The van der Waals surface area contributed by atoms with E-state index in [1.165, 1.54) is 30.3 Å². The number of hydrogen-bond acceptors (Lipinski definition) is 2. The van der Waals surface area contributed by atoms with Gasteiger partial charge in [0.1, 0.15) is 5.82 Å². The monoisotopic (exact) mass is 270 g/mol. The maximum absolute atomic E-state index is 12.8. The molecule has 2 rings (SSSR count). The maximum Gasteiger partial charge on any atom is 0.261 e. The first-order chi connectivity index (χ1) is 7.98. The standard InChI is InChI=1S/C12H8ClFO2S/c13-17(15,16)12-4-2-1-3-11(12)9-5-7-10(14)8-6-9/h1-8H. The van der Waals surface area contributed by atoms with Gasteiger partial charge in [-0.25, -0.2) is 12.8 Å². The second-order valence-corrected chi connectivity index (χ2v) is 5.98. The molecular formula is C12H8ClFO2S. The molecular weight excluding hydrogens is 263 g/mol. The lowest BCUT2D eigenvalue weighted by molar-refractivity contribution is 0.610. The summed E-state index contributed by atoms with van der Waals surface area (Å²) in [5.74, 6) is -0.375. The van der Waals surface area contributed by atoms with E-state index in [4.69, 9.17) is 10.7 Å². The SMILES string of the molecule is O=S(=O)(Cl)c1ccccc1-c1ccc(F)cc1. The molecule has 0 radical (unpaired) electrons. The van der Waals surface area contributed by atoms with E-state index in [0.29, 0.717) is 11.1 Å². The Hall–Kier alpha value is -1.39.